The summed E-state index contributed by atoms with van der Waals surface area (Å²) in [7, 11) is 0. The predicted octanol–water partition coefficient (Wildman–Crippen LogP) is 3.51. The molecule has 0 aromatic heterocycles. The lowest BCUT2D eigenvalue weighted by atomic mass is 10.0. The second kappa shape index (κ2) is 6.63. The lowest BCUT2D eigenvalue weighted by Gasteiger charge is -2.20. The minimum Gasteiger partial charge on any atom is -0.298 e. The van der Waals surface area contributed by atoms with E-state index in [1.54, 1.807) is 12.1 Å². The van der Waals surface area contributed by atoms with Crippen molar-refractivity contribution in [2.75, 3.05) is 0 Å². The van der Waals surface area contributed by atoms with Gasteiger partial charge in [0.05, 0.1) is 17.1 Å². The summed E-state index contributed by atoms with van der Waals surface area (Å²) in [5.41, 5.74) is 4.09. The van der Waals surface area contributed by atoms with E-state index in [9.17, 15) is 10.1 Å². The first-order valence-corrected chi connectivity index (χ1v) is 6.86. The smallest absolute Gasteiger partial charge is 0.269 e. The molecule has 1 aromatic carbocycles. The van der Waals surface area contributed by atoms with Crippen molar-refractivity contribution in [3.8, 4) is 0 Å². The number of nitrogens with zero attached hydrogens (tertiary/aromatic N) is 1. The molecule has 2 rings (SSSR count). The third-order valence-electron chi connectivity index (χ3n) is 3.57. The van der Waals surface area contributed by atoms with Crippen LogP contribution in [-0.4, -0.2) is 11.0 Å². The van der Waals surface area contributed by atoms with E-state index in [1.807, 2.05) is 13.0 Å². The first kappa shape index (κ1) is 14.0. The van der Waals surface area contributed by atoms with E-state index in [-0.39, 0.29) is 22.8 Å². The Bertz CT molecular complexity index is 430. The van der Waals surface area contributed by atoms with Crippen LogP contribution in [0.1, 0.15) is 50.6 Å². The molecule has 19 heavy (non-hydrogen) atoms. The fourth-order valence-electron chi connectivity index (χ4n) is 2.43. The molecule has 1 aliphatic rings. The molecule has 0 aliphatic heterocycles. The van der Waals surface area contributed by atoms with E-state index in [2.05, 4.69) is 5.48 Å². The average Bonchev–Trinajstić information content (AvgIpc) is 2.93. The normalized spacial score (nSPS) is 17.5. The number of hydrogen-bond acceptors (Lipinski definition) is 4. The van der Waals surface area contributed by atoms with Gasteiger partial charge >= 0.3 is 0 Å². The SMILES string of the molecule is CCC(NOC1CCCC1)c1cccc([N+](=O)[O-])c1. The van der Waals surface area contributed by atoms with E-state index in [0.717, 1.165) is 24.8 Å². The van der Waals surface area contributed by atoms with Crippen molar-refractivity contribution in [2.24, 2.45) is 0 Å². The second-order valence-corrected chi connectivity index (χ2v) is 4.96. The first-order chi connectivity index (χ1) is 9.20. The van der Waals surface area contributed by atoms with Crippen LogP contribution in [0.2, 0.25) is 0 Å². The van der Waals surface area contributed by atoms with Gasteiger partial charge in [-0.15, -0.1) is 0 Å². The topological polar surface area (TPSA) is 64.4 Å². The number of rotatable bonds is 6. The number of non-ortho nitro benzene ring substituents is 1. The molecule has 0 amide bonds. The van der Waals surface area contributed by atoms with Gasteiger partial charge in [-0.05, 0) is 24.8 Å². The van der Waals surface area contributed by atoms with Gasteiger partial charge in [0.15, 0.2) is 0 Å². The van der Waals surface area contributed by atoms with Gasteiger partial charge in [0.1, 0.15) is 0 Å². The third kappa shape index (κ3) is 3.75. The molecule has 1 unspecified atom stereocenters. The number of hydrogen-bond donors (Lipinski definition) is 1. The van der Waals surface area contributed by atoms with Gasteiger partial charge in [-0.3, -0.25) is 15.0 Å². The first-order valence-electron chi connectivity index (χ1n) is 6.86. The van der Waals surface area contributed by atoms with E-state index in [0.29, 0.717) is 0 Å². The Kier molecular flexibility index (Phi) is 4.87. The Morgan fingerprint density at radius 2 is 2.21 bits per heavy atom. The highest BCUT2D eigenvalue weighted by Crippen LogP contribution is 2.24. The van der Waals surface area contributed by atoms with Crippen LogP contribution < -0.4 is 5.48 Å². The molecular formula is C14H20N2O3. The summed E-state index contributed by atoms with van der Waals surface area (Å²) in [5.74, 6) is 0. The highest BCUT2D eigenvalue weighted by atomic mass is 16.7. The molecule has 1 saturated carbocycles. The lowest BCUT2D eigenvalue weighted by Crippen LogP contribution is -2.26. The highest BCUT2D eigenvalue weighted by molar-refractivity contribution is 5.35. The van der Waals surface area contributed by atoms with Crippen LogP contribution in [0.15, 0.2) is 24.3 Å². The molecule has 1 aromatic rings. The maximum absolute atomic E-state index is 10.8. The van der Waals surface area contributed by atoms with E-state index in [1.165, 1.54) is 18.9 Å². The van der Waals surface area contributed by atoms with Crippen molar-refractivity contribution in [1.29, 1.82) is 0 Å². The molecular weight excluding hydrogens is 244 g/mol. The summed E-state index contributed by atoms with van der Waals surface area (Å²) in [6.45, 7) is 2.04. The van der Waals surface area contributed by atoms with Gasteiger partial charge in [0, 0.05) is 12.1 Å². The van der Waals surface area contributed by atoms with Crippen LogP contribution in [0, 0.1) is 10.1 Å². The van der Waals surface area contributed by atoms with Gasteiger partial charge in [0.25, 0.3) is 5.69 Å². The maximum atomic E-state index is 10.8. The average molecular weight is 264 g/mol. The number of nitrogens with one attached hydrogen (secondary N) is 1. The minimum atomic E-state index is -0.367. The summed E-state index contributed by atoms with van der Waals surface area (Å²) >= 11 is 0. The number of hydroxylamine groups is 1. The van der Waals surface area contributed by atoms with E-state index in [4.69, 9.17) is 4.84 Å². The monoisotopic (exact) mass is 264 g/mol. The van der Waals surface area contributed by atoms with Gasteiger partial charge < -0.3 is 0 Å². The molecule has 5 heteroatoms. The standard InChI is InChI=1S/C14H20N2O3/c1-2-14(15-19-13-8-3-4-9-13)11-6-5-7-12(10-11)16(17)18/h5-7,10,13-15H,2-4,8-9H2,1H3. The largest absolute Gasteiger partial charge is 0.298 e. The molecule has 104 valence electrons. The maximum Gasteiger partial charge on any atom is 0.269 e. The number of benzene rings is 1. The molecule has 1 N–H and O–H groups in total. The quantitative estimate of drug-likeness (QED) is 0.630. The minimum absolute atomic E-state index is 0.000463. The summed E-state index contributed by atoms with van der Waals surface area (Å²) < 4.78 is 0. The van der Waals surface area contributed by atoms with Crippen LogP contribution in [0.4, 0.5) is 5.69 Å². The fraction of sp³-hybridized carbons (Fsp3) is 0.571. The van der Waals surface area contributed by atoms with Crippen molar-refractivity contribution in [3.05, 3.63) is 39.9 Å². The van der Waals surface area contributed by atoms with Crippen molar-refractivity contribution in [1.82, 2.24) is 5.48 Å². The Hall–Kier alpha value is -1.46. The summed E-state index contributed by atoms with van der Waals surface area (Å²) in [6, 6.07) is 6.73. The van der Waals surface area contributed by atoms with Crippen LogP contribution in [0.5, 0.6) is 0 Å². The number of nitro groups is 1. The Morgan fingerprint density at radius 3 is 2.84 bits per heavy atom. The third-order valence-corrected chi connectivity index (χ3v) is 3.57. The van der Waals surface area contributed by atoms with E-state index >= 15 is 0 Å². The molecule has 0 saturated heterocycles. The van der Waals surface area contributed by atoms with Gasteiger partial charge in [-0.2, -0.15) is 5.48 Å². The second-order valence-electron chi connectivity index (χ2n) is 4.96. The zero-order valence-electron chi connectivity index (χ0n) is 11.2. The molecule has 5 nitrogen and oxygen atoms in total. The molecule has 0 heterocycles. The Labute approximate surface area is 113 Å². The van der Waals surface area contributed by atoms with Crippen LogP contribution in [-0.2, 0) is 4.84 Å². The van der Waals surface area contributed by atoms with Crippen molar-refractivity contribution >= 4 is 5.69 Å². The zero-order chi connectivity index (χ0) is 13.7. The fourth-order valence-corrected chi connectivity index (χ4v) is 2.43. The number of nitro benzene ring substituents is 1. The zero-order valence-corrected chi connectivity index (χ0v) is 11.2. The summed E-state index contributed by atoms with van der Waals surface area (Å²) in [6.07, 6.45) is 5.75. The Balaban J connectivity index is 1.99. The predicted molar refractivity (Wildman–Crippen MR) is 72.6 cm³/mol. The van der Waals surface area contributed by atoms with Crippen molar-refractivity contribution in [3.63, 3.8) is 0 Å². The molecule has 0 spiro atoms. The molecule has 0 bridgehead atoms. The lowest BCUT2D eigenvalue weighted by molar-refractivity contribution is -0.384. The highest BCUT2D eigenvalue weighted by Gasteiger charge is 2.19. The molecule has 1 atom stereocenters. The van der Waals surface area contributed by atoms with Crippen LogP contribution in [0.25, 0.3) is 0 Å². The van der Waals surface area contributed by atoms with Gasteiger partial charge in [0.2, 0.25) is 0 Å². The van der Waals surface area contributed by atoms with Gasteiger partial charge in [-0.1, -0.05) is 31.9 Å². The van der Waals surface area contributed by atoms with E-state index < -0.39 is 0 Å². The van der Waals surface area contributed by atoms with Crippen LogP contribution >= 0.6 is 0 Å². The molecule has 0 radical (unpaired) electrons. The van der Waals surface area contributed by atoms with Crippen LogP contribution in [0.3, 0.4) is 0 Å². The molecule has 1 fully saturated rings. The summed E-state index contributed by atoms with van der Waals surface area (Å²) in [4.78, 5) is 16.1. The summed E-state index contributed by atoms with van der Waals surface area (Å²) in [5, 5.41) is 10.8. The van der Waals surface area contributed by atoms with Crippen molar-refractivity contribution in [2.45, 2.75) is 51.2 Å². The molecule has 1 aliphatic carbocycles. The van der Waals surface area contributed by atoms with Gasteiger partial charge in [-0.25, -0.2) is 0 Å². The van der Waals surface area contributed by atoms with Crippen molar-refractivity contribution < 1.29 is 9.76 Å². The Morgan fingerprint density at radius 1 is 1.47 bits per heavy atom.